The fraction of sp³-hybridized carbons (Fsp3) is 0.550. The average Bonchev–Trinajstić information content (AvgIpc) is 3.15. The molecule has 1 aromatic carbocycles. The molecule has 30 heavy (non-hydrogen) atoms. The zero-order valence-corrected chi connectivity index (χ0v) is 17.7. The fourth-order valence-electron chi connectivity index (χ4n) is 4.40. The van der Waals surface area contributed by atoms with Gasteiger partial charge in [0.1, 0.15) is 11.5 Å². The maximum absolute atomic E-state index is 13.1. The molecule has 0 unspecified atom stereocenters. The number of hydrogen-bond donors (Lipinski definition) is 1. The van der Waals surface area contributed by atoms with Crippen molar-refractivity contribution in [1.82, 2.24) is 14.3 Å². The summed E-state index contributed by atoms with van der Waals surface area (Å²) in [5.74, 6) is 1.25. The van der Waals surface area contributed by atoms with Gasteiger partial charge in [-0.25, -0.2) is 13.4 Å². The molecule has 0 amide bonds. The molecule has 9 nitrogen and oxygen atoms in total. The van der Waals surface area contributed by atoms with E-state index in [9.17, 15) is 18.5 Å². The number of aromatic nitrogens is 2. The van der Waals surface area contributed by atoms with E-state index in [4.69, 9.17) is 0 Å². The molecule has 0 bridgehead atoms. The lowest BCUT2D eigenvalue weighted by atomic mass is 9.95. The fourth-order valence-corrected chi connectivity index (χ4v) is 5.94. The predicted molar refractivity (Wildman–Crippen MR) is 113 cm³/mol. The molecule has 0 aliphatic carbocycles. The number of benzene rings is 1. The summed E-state index contributed by atoms with van der Waals surface area (Å²) in [4.78, 5) is 20.7. The number of nitro groups is 1. The Labute approximate surface area is 176 Å². The van der Waals surface area contributed by atoms with Crippen LogP contribution in [-0.2, 0) is 10.0 Å². The monoisotopic (exact) mass is 433 g/mol. The van der Waals surface area contributed by atoms with Crippen molar-refractivity contribution in [3.63, 3.8) is 0 Å². The van der Waals surface area contributed by atoms with Gasteiger partial charge >= 0.3 is 0 Å². The lowest BCUT2D eigenvalue weighted by Gasteiger charge is -2.32. The highest BCUT2D eigenvalue weighted by atomic mass is 32.2. The van der Waals surface area contributed by atoms with Gasteiger partial charge in [-0.05, 0) is 37.8 Å². The Hall–Kier alpha value is -2.46. The Kier molecular flexibility index (Phi) is 6.05. The van der Waals surface area contributed by atoms with E-state index in [1.807, 2.05) is 4.90 Å². The number of hydrogen-bond acceptors (Lipinski definition) is 6. The molecule has 2 aromatic rings. The van der Waals surface area contributed by atoms with Gasteiger partial charge in [0.2, 0.25) is 10.0 Å². The standard InChI is InChI=1S/C20H27N5O4S/c26-25(27)19-15-17(30(28,29)24-11-3-1-2-4-12-24)5-6-18(19)23-13-7-16(8-14-23)20-21-9-10-22-20/h5-6,9-10,15-16H,1-4,7-8,11-14H2,(H,21,22). The van der Waals surface area contributed by atoms with Crippen molar-refractivity contribution in [2.24, 2.45) is 0 Å². The van der Waals surface area contributed by atoms with Crippen molar-refractivity contribution in [2.45, 2.75) is 49.3 Å². The molecule has 0 spiro atoms. The van der Waals surface area contributed by atoms with Crippen LogP contribution in [0.15, 0.2) is 35.5 Å². The number of nitrogens with zero attached hydrogens (tertiary/aromatic N) is 4. The first-order valence-electron chi connectivity index (χ1n) is 10.5. The van der Waals surface area contributed by atoms with Crippen LogP contribution in [0.2, 0.25) is 0 Å². The van der Waals surface area contributed by atoms with E-state index in [0.29, 0.717) is 37.8 Å². The smallest absolute Gasteiger partial charge is 0.293 e. The summed E-state index contributed by atoms with van der Waals surface area (Å²) in [6, 6.07) is 4.34. The minimum absolute atomic E-state index is 0.00493. The van der Waals surface area contributed by atoms with Crippen molar-refractivity contribution in [3.8, 4) is 0 Å². The average molecular weight is 434 g/mol. The van der Waals surface area contributed by atoms with E-state index in [-0.39, 0.29) is 10.6 Å². The number of H-pyrrole nitrogens is 1. The first-order valence-corrected chi connectivity index (χ1v) is 11.9. The highest BCUT2D eigenvalue weighted by Gasteiger charge is 2.31. The molecule has 0 saturated carbocycles. The number of piperidine rings is 1. The summed E-state index contributed by atoms with van der Waals surface area (Å²) in [7, 11) is -3.73. The maximum atomic E-state index is 13.1. The summed E-state index contributed by atoms with van der Waals surface area (Å²) in [5, 5.41) is 11.8. The third-order valence-corrected chi connectivity index (χ3v) is 7.98. The molecular formula is C20H27N5O4S. The van der Waals surface area contributed by atoms with Gasteiger partial charge in [0.05, 0.1) is 9.82 Å². The number of sulfonamides is 1. The summed E-state index contributed by atoms with van der Waals surface area (Å²) in [5.41, 5.74) is 0.329. The molecular weight excluding hydrogens is 406 g/mol. The molecule has 2 saturated heterocycles. The van der Waals surface area contributed by atoms with Crippen LogP contribution in [-0.4, -0.2) is 53.8 Å². The highest BCUT2D eigenvalue weighted by molar-refractivity contribution is 7.89. The Bertz CT molecular complexity index is 977. The van der Waals surface area contributed by atoms with Crippen LogP contribution in [0.1, 0.15) is 50.3 Å². The van der Waals surface area contributed by atoms with E-state index in [1.165, 1.54) is 16.4 Å². The Morgan fingerprint density at radius 2 is 1.77 bits per heavy atom. The Morgan fingerprint density at radius 1 is 1.07 bits per heavy atom. The number of nitro benzene ring substituents is 1. The second-order valence-corrected chi connectivity index (χ2v) is 9.90. The van der Waals surface area contributed by atoms with Crippen LogP contribution in [0.25, 0.3) is 0 Å². The summed E-state index contributed by atoms with van der Waals surface area (Å²) in [6.07, 6.45) is 8.87. The Morgan fingerprint density at radius 3 is 2.37 bits per heavy atom. The first kappa shape index (κ1) is 20.8. The van der Waals surface area contributed by atoms with Gasteiger partial charge in [0.15, 0.2) is 0 Å². The van der Waals surface area contributed by atoms with Crippen molar-refractivity contribution in [3.05, 3.63) is 46.5 Å². The second-order valence-electron chi connectivity index (χ2n) is 7.96. The van der Waals surface area contributed by atoms with E-state index in [0.717, 1.165) is 44.3 Å². The summed E-state index contributed by atoms with van der Waals surface area (Å²) in [6.45, 7) is 2.26. The lowest BCUT2D eigenvalue weighted by molar-refractivity contribution is -0.384. The minimum atomic E-state index is -3.73. The molecule has 2 aliphatic heterocycles. The van der Waals surface area contributed by atoms with E-state index in [1.54, 1.807) is 18.5 Å². The third kappa shape index (κ3) is 4.20. The number of imidazole rings is 1. The van der Waals surface area contributed by atoms with Crippen LogP contribution < -0.4 is 4.90 Å². The van der Waals surface area contributed by atoms with Gasteiger partial charge in [0.25, 0.3) is 5.69 Å². The Balaban J connectivity index is 1.56. The molecule has 2 aliphatic rings. The minimum Gasteiger partial charge on any atom is -0.366 e. The molecule has 3 heterocycles. The predicted octanol–water partition coefficient (Wildman–Crippen LogP) is 3.27. The van der Waals surface area contributed by atoms with Crippen LogP contribution in [0, 0.1) is 10.1 Å². The molecule has 10 heteroatoms. The number of rotatable bonds is 5. The van der Waals surface area contributed by atoms with Crippen LogP contribution >= 0.6 is 0 Å². The third-order valence-electron chi connectivity index (χ3n) is 6.09. The van der Waals surface area contributed by atoms with Crippen molar-refractivity contribution in [2.75, 3.05) is 31.1 Å². The first-order chi connectivity index (χ1) is 14.5. The molecule has 1 aromatic heterocycles. The normalized spacial score (nSPS) is 19.5. The highest BCUT2D eigenvalue weighted by Crippen LogP contribution is 2.36. The van der Waals surface area contributed by atoms with E-state index in [2.05, 4.69) is 9.97 Å². The lowest BCUT2D eigenvalue weighted by Crippen LogP contribution is -2.34. The number of aromatic amines is 1. The summed E-state index contributed by atoms with van der Waals surface area (Å²) < 4.78 is 27.6. The van der Waals surface area contributed by atoms with Gasteiger partial charge in [-0.15, -0.1) is 0 Å². The molecule has 1 N–H and O–H groups in total. The SMILES string of the molecule is O=[N+]([O-])c1cc(S(=O)(=O)N2CCCCCC2)ccc1N1CCC(c2ncc[nH]2)CC1. The maximum Gasteiger partial charge on any atom is 0.293 e. The molecule has 0 radical (unpaired) electrons. The van der Waals surface area contributed by atoms with Gasteiger partial charge < -0.3 is 9.88 Å². The molecule has 4 rings (SSSR count). The van der Waals surface area contributed by atoms with Crippen LogP contribution in [0.3, 0.4) is 0 Å². The molecule has 2 fully saturated rings. The van der Waals surface area contributed by atoms with Crippen LogP contribution in [0.5, 0.6) is 0 Å². The number of anilines is 1. The van der Waals surface area contributed by atoms with Crippen molar-refractivity contribution in [1.29, 1.82) is 0 Å². The van der Waals surface area contributed by atoms with Crippen molar-refractivity contribution >= 4 is 21.4 Å². The topological polar surface area (TPSA) is 112 Å². The van der Waals surface area contributed by atoms with E-state index < -0.39 is 14.9 Å². The molecule has 162 valence electrons. The zero-order valence-electron chi connectivity index (χ0n) is 16.9. The quantitative estimate of drug-likeness (QED) is 0.572. The van der Waals surface area contributed by atoms with Gasteiger partial charge in [-0.1, -0.05) is 12.8 Å². The number of nitrogens with one attached hydrogen (secondary N) is 1. The van der Waals surface area contributed by atoms with Crippen LogP contribution in [0.4, 0.5) is 11.4 Å². The zero-order chi connectivity index (χ0) is 21.1. The molecule has 0 atom stereocenters. The van der Waals surface area contributed by atoms with Gasteiger partial charge in [0, 0.05) is 50.6 Å². The van der Waals surface area contributed by atoms with Gasteiger partial charge in [-0.3, -0.25) is 10.1 Å². The van der Waals surface area contributed by atoms with Crippen molar-refractivity contribution < 1.29 is 13.3 Å². The largest absolute Gasteiger partial charge is 0.366 e. The van der Waals surface area contributed by atoms with E-state index >= 15 is 0 Å². The second kappa shape index (κ2) is 8.73. The summed E-state index contributed by atoms with van der Waals surface area (Å²) >= 11 is 0. The van der Waals surface area contributed by atoms with Gasteiger partial charge in [-0.2, -0.15) is 4.31 Å².